The number of aliphatic hydroxyl groups is 3. The van der Waals surface area contributed by atoms with Gasteiger partial charge in [0.05, 0.1) is 21.2 Å². The third-order valence-electron chi connectivity index (χ3n) is 4.92. The third-order valence-corrected chi connectivity index (χ3v) is 7.26. The summed E-state index contributed by atoms with van der Waals surface area (Å²) >= 11 is 0. The molecular weight excluding hydrogens is 476 g/mol. The number of benzene rings is 2. The first-order valence-corrected chi connectivity index (χ1v) is 13.1. The predicted molar refractivity (Wildman–Crippen MR) is 117 cm³/mol. The van der Waals surface area contributed by atoms with Crippen LogP contribution < -0.4 is 0 Å². The number of hydrogen-bond acceptors (Lipinski definition) is 10. The van der Waals surface area contributed by atoms with Crippen LogP contribution >= 0.6 is 0 Å². The van der Waals surface area contributed by atoms with E-state index in [4.69, 9.17) is 14.5 Å². The summed E-state index contributed by atoms with van der Waals surface area (Å²) in [6, 6.07) is 16.3. The summed E-state index contributed by atoms with van der Waals surface area (Å²) < 4.78 is 71.7. The van der Waals surface area contributed by atoms with Gasteiger partial charge in [0.25, 0.3) is 20.2 Å². The van der Waals surface area contributed by atoms with Crippen molar-refractivity contribution in [3.63, 3.8) is 0 Å². The van der Waals surface area contributed by atoms with Crippen LogP contribution in [0.3, 0.4) is 0 Å². The van der Waals surface area contributed by atoms with E-state index in [0.29, 0.717) is 11.1 Å². The summed E-state index contributed by atoms with van der Waals surface area (Å²) in [5.74, 6) is -0.956. The Kier molecular flexibility index (Phi) is 7.76. The highest BCUT2D eigenvalue weighted by molar-refractivity contribution is 7.86. The Morgan fingerprint density at radius 2 is 1.39 bits per heavy atom. The van der Waals surface area contributed by atoms with Crippen LogP contribution in [0.25, 0.3) is 0 Å². The molecule has 10 nitrogen and oxygen atoms in total. The molecule has 12 heteroatoms. The van der Waals surface area contributed by atoms with Gasteiger partial charge < -0.3 is 20.1 Å². The second-order valence-corrected chi connectivity index (χ2v) is 10.9. The molecule has 1 aliphatic rings. The van der Waals surface area contributed by atoms with Crippen molar-refractivity contribution in [2.75, 3.05) is 19.8 Å². The first-order valence-electron chi connectivity index (χ1n) is 10.5. The Morgan fingerprint density at radius 3 is 1.91 bits per heavy atom. The van der Waals surface area contributed by atoms with Crippen LogP contribution in [0.2, 0.25) is 0 Å². The lowest BCUT2D eigenvalue weighted by Crippen LogP contribution is -2.64. The van der Waals surface area contributed by atoms with E-state index in [1.165, 1.54) is 0 Å². The van der Waals surface area contributed by atoms with Crippen LogP contribution in [-0.2, 0) is 44.8 Å². The summed E-state index contributed by atoms with van der Waals surface area (Å²) in [4.78, 5) is 0. The molecule has 0 saturated carbocycles. The standard InChI is InChI=1S/C21H26O10S2/c22-19-18(11-30-32(25,26)12-16-7-3-1-4-8-16)29-14-21(24,20(19)23)15-31-33(27,28)13-17-9-5-2-6-10-17/h1-10,18-20,22-24H,11-15H2/t18-,19-,20+,21-/m1/s1/i14D/t14?,18-,19-,20+,21-. The first kappa shape index (κ1) is 24.2. The number of aliphatic hydroxyl groups excluding tert-OH is 2. The zero-order valence-corrected chi connectivity index (χ0v) is 19.1. The molecular formula is C21H26O10S2. The molecule has 3 rings (SSSR count). The number of hydrogen-bond donors (Lipinski definition) is 3. The Bertz CT molecular complexity index is 1140. The molecule has 2 aromatic rings. The van der Waals surface area contributed by atoms with E-state index in [2.05, 4.69) is 0 Å². The maximum absolute atomic E-state index is 12.2. The van der Waals surface area contributed by atoms with E-state index in [0.717, 1.165) is 0 Å². The minimum atomic E-state index is -4.20. The quantitative estimate of drug-likeness (QED) is 0.375. The van der Waals surface area contributed by atoms with Crippen LogP contribution in [0, 0.1) is 0 Å². The number of ether oxygens (including phenoxy) is 1. The van der Waals surface area contributed by atoms with Gasteiger partial charge in [-0.25, -0.2) is 0 Å². The Morgan fingerprint density at radius 1 is 0.909 bits per heavy atom. The van der Waals surface area contributed by atoms with Crippen LogP contribution in [0.4, 0.5) is 0 Å². The summed E-state index contributed by atoms with van der Waals surface area (Å²) in [5, 5.41) is 31.4. The van der Waals surface area contributed by atoms with Gasteiger partial charge in [-0.3, -0.25) is 8.37 Å². The summed E-state index contributed by atoms with van der Waals surface area (Å²) in [6.45, 7) is -3.76. The Labute approximate surface area is 194 Å². The smallest absolute Gasteiger partial charge is 0.271 e. The normalized spacial score (nSPS) is 28.9. The topological polar surface area (TPSA) is 157 Å². The van der Waals surface area contributed by atoms with Crippen LogP contribution in [-0.4, -0.2) is 75.9 Å². The number of rotatable bonds is 10. The molecule has 5 atom stereocenters. The lowest BCUT2D eigenvalue weighted by Gasteiger charge is -2.42. The van der Waals surface area contributed by atoms with Gasteiger partial charge in [0.2, 0.25) is 0 Å². The minimum absolute atomic E-state index is 0.423. The van der Waals surface area contributed by atoms with Gasteiger partial charge in [-0.15, -0.1) is 0 Å². The van der Waals surface area contributed by atoms with E-state index >= 15 is 0 Å². The van der Waals surface area contributed by atoms with Gasteiger partial charge in [-0.05, 0) is 11.1 Å². The van der Waals surface area contributed by atoms with Crippen LogP contribution in [0.15, 0.2) is 60.7 Å². The van der Waals surface area contributed by atoms with Gasteiger partial charge in [-0.2, -0.15) is 16.8 Å². The fourth-order valence-corrected chi connectivity index (χ4v) is 5.18. The summed E-state index contributed by atoms with van der Waals surface area (Å²) in [6.07, 6.45) is -5.45. The zero-order chi connectivity index (χ0) is 25.0. The minimum Gasteiger partial charge on any atom is -0.387 e. The second-order valence-electron chi connectivity index (χ2n) is 7.64. The molecule has 1 fully saturated rings. The molecule has 0 aliphatic carbocycles. The van der Waals surface area contributed by atoms with Crippen molar-refractivity contribution in [1.82, 2.24) is 0 Å². The largest absolute Gasteiger partial charge is 0.387 e. The van der Waals surface area contributed by atoms with Gasteiger partial charge >= 0.3 is 0 Å². The SMILES string of the molecule is [2H]C1O[C@H](COS(=O)(=O)Cc2ccccc2)[C@@H](O)[C@H](O)[C@]1(O)COS(=O)(=O)Cc1ccccc1. The van der Waals surface area contributed by atoms with E-state index < -0.39 is 75.5 Å². The zero-order valence-electron chi connectivity index (χ0n) is 18.4. The molecule has 33 heavy (non-hydrogen) atoms. The molecule has 3 N–H and O–H groups in total. The molecule has 0 aromatic heterocycles. The van der Waals surface area contributed by atoms with Crippen LogP contribution in [0.5, 0.6) is 0 Å². The fourth-order valence-electron chi connectivity index (χ4n) is 3.11. The Balaban J connectivity index is 1.59. The maximum Gasteiger partial charge on any atom is 0.271 e. The van der Waals surface area contributed by atoms with Crippen molar-refractivity contribution in [2.45, 2.75) is 35.4 Å². The van der Waals surface area contributed by atoms with Crippen molar-refractivity contribution in [1.29, 1.82) is 0 Å². The van der Waals surface area contributed by atoms with Crippen molar-refractivity contribution in [3.8, 4) is 0 Å². The highest BCUT2D eigenvalue weighted by Gasteiger charge is 2.49. The second kappa shape index (κ2) is 10.6. The summed E-state index contributed by atoms with van der Waals surface area (Å²) in [5.41, 5.74) is -1.72. The lowest BCUT2D eigenvalue weighted by atomic mass is 9.89. The molecule has 0 spiro atoms. The molecule has 1 saturated heterocycles. The first-order chi connectivity index (χ1) is 15.9. The molecule has 1 heterocycles. The van der Waals surface area contributed by atoms with Gasteiger partial charge in [0.1, 0.15) is 35.4 Å². The Hall–Kier alpha value is -1.90. The van der Waals surface area contributed by atoms with Crippen molar-refractivity contribution in [3.05, 3.63) is 71.8 Å². The van der Waals surface area contributed by atoms with Crippen molar-refractivity contribution >= 4 is 20.2 Å². The van der Waals surface area contributed by atoms with Crippen molar-refractivity contribution in [2.24, 2.45) is 0 Å². The molecule has 1 unspecified atom stereocenters. The highest BCUT2D eigenvalue weighted by atomic mass is 32.2. The van der Waals surface area contributed by atoms with Gasteiger partial charge in [0, 0.05) is 0 Å². The predicted octanol–water partition coefficient (Wildman–Crippen LogP) is -0.0687. The molecule has 0 amide bonds. The maximum atomic E-state index is 12.2. The van der Waals surface area contributed by atoms with Crippen LogP contribution in [0.1, 0.15) is 12.5 Å². The fraction of sp³-hybridized carbons (Fsp3) is 0.429. The lowest BCUT2D eigenvalue weighted by molar-refractivity contribution is -0.245. The van der Waals surface area contributed by atoms with E-state index in [1.54, 1.807) is 60.7 Å². The van der Waals surface area contributed by atoms with E-state index in [1.807, 2.05) is 0 Å². The molecule has 0 bridgehead atoms. The van der Waals surface area contributed by atoms with E-state index in [9.17, 15) is 32.2 Å². The average molecular weight is 504 g/mol. The third kappa shape index (κ3) is 7.29. The van der Waals surface area contributed by atoms with Gasteiger partial charge in [-0.1, -0.05) is 60.7 Å². The van der Waals surface area contributed by atoms with E-state index in [-0.39, 0.29) is 0 Å². The average Bonchev–Trinajstić information content (AvgIpc) is 2.79. The monoisotopic (exact) mass is 503 g/mol. The summed E-state index contributed by atoms with van der Waals surface area (Å²) in [7, 11) is -8.29. The molecule has 0 radical (unpaired) electrons. The molecule has 1 aliphatic heterocycles. The van der Waals surface area contributed by atoms with Gasteiger partial charge in [0.15, 0.2) is 0 Å². The molecule has 2 aromatic carbocycles. The van der Waals surface area contributed by atoms with Crippen molar-refractivity contribution < 1.29 is 46.6 Å². The molecule has 182 valence electrons. The highest BCUT2D eigenvalue weighted by Crippen LogP contribution is 2.26.